The van der Waals surface area contributed by atoms with E-state index >= 15 is 0 Å². The van der Waals surface area contributed by atoms with Gasteiger partial charge in [0.25, 0.3) is 5.91 Å². The Balaban J connectivity index is 1.69. The number of nitrogens with one attached hydrogen (secondary N) is 1. The average molecular weight is 392 g/mol. The van der Waals surface area contributed by atoms with Crippen LogP contribution in [0.2, 0.25) is 0 Å². The smallest absolute Gasteiger partial charge is 0.295 e. The first-order chi connectivity index (χ1) is 13.7. The minimum Gasteiger partial charge on any atom is -0.494 e. The first-order valence-corrected chi connectivity index (χ1v) is 9.46. The maximum absolute atomic E-state index is 13.0. The number of carbonyl (C=O) groups is 2. The molecule has 2 heterocycles. The second kappa shape index (κ2) is 8.06. The monoisotopic (exact) mass is 392 g/mol. The van der Waals surface area contributed by atoms with Gasteiger partial charge in [-0.05, 0) is 0 Å². The van der Waals surface area contributed by atoms with Crippen LogP contribution in [-0.2, 0) is 14.3 Å². The standard InChI is InChI=1S/C21H16N2O4S/c24-18(15-9-5-2-6-10-15)19-17(14-7-3-1-4-8-14)22-21(28-19)23-20(25)16-13-26-11-12-27-16/h1-10,13H,11-12H2,(H,22,23,25). The molecule has 7 heteroatoms. The largest absolute Gasteiger partial charge is 0.494 e. The van der Waals surface area contributed by atoms with Crippen LogP contribution in [0.3, 0.4) is 0 Å². The maximum Gasteiger partial charge on any atom is 0.295 e. The van der Waals surface area contributed by atoms with Gasteiger partial charge in [0.15, 0.2) is 5.13 Å². The van der Waals surface area contributed by atoms with E-state index in [2.05, 4.69) is 10.3 Å². The van der Waals surface area contributed by atoms with Gasteiger partial charge in [-0.2, -0.15) is 0 Å². The van der Waals surface area contributed by atoms with Gasteiger partial charge in [-0.3, -0.25) is 14.9 Å². The number of ketones is 1. The van der Waals surface area contributed by atoms with Crippen LogP contribution in [0, 0.1) is 0 Å². The predicted octanol–water partition coefficient (Wildman–Crippen LogP) is 3.87. The molecule has 1 N–H and O–H groups in total. The summed E-state index contributed by atoms with van der Waals surface area (Å²) in [4.78, 5) is 30.4. The van der Waals surface area contributed by atoms with Crippen LogP contribution in [0.25, 0.3) is 11.3 Å². The molecule has 0 atom stereocenters. The van der Waals surface area contributed by atoms with Gasteiger partial charge in [0.05, 0.1) is 5.69 Å². The average Bonchev–Trinajstić information content (AvgIpc) is 3.19. The van der Waals surface area contributed by atoms with Crippen LogP contribution in [-0.4, -0.2) is 29.9 Å². The number of benzene rings is 2. The summed E-state index contributed by atoms with van der Waals surface area (Å²) in [7, 11) is 0. The van der Waals surface area contributed by atoms with Crippen molar-refractivity contribution < 1.29 is 19.1 Å². The van der Waals surface area contributed by atoms with E-state index in [0.29, 0.717) is 34.5 Å². The Morgan fingerprint density at radius 2 is 1.68 bits per heavy atom. The molecule has 0 radical (unpaired) electrons. The zero-order valence-electron chi connectivity index (χ0n) is 14.8. The number of ether oxygens (including phenoxy) is 2. The summed E-state index contributed by atoms with van der Waals surface area (Å²) in [5.74, 6) is -0.528. The van der Waals surface area contributed by atoms with Crippen molar-refractivity contribution in [2.24, 2.45) is 0 Å². The van der Waals surface area contributed by atoms with E-state index in [1.807, 2.05) is 48.5 Å². The van der Waals surface area contributed by atoms with E-state index < -0.39 is 5.91 Å². The molecule has 0 bridgehead atoms. The van der Waals surface area contributed by atoms with Crippen LogP contribution in [0.5, 0.6) is 0 Å². The molecule has 0 fully saturated rings. The lowest BCUT2D eigenvalue weighted by Crippen LogP contribution is -2.21. The Bertz CT molecular complexity index is 1030. The number of carbonyl (C=O) groups excluding carboxylic acids is 2. The lowest BCUT2D eigenvalue weighted by Gasteiger charge is -2.14. The Morgan fingerprint density at radius 1 is 0.964 bits per heavy atom. The Kier molecular flexibility index (Phi) is 5.16. The van der Waals surface area contributed by atoms with Gasteiger partial charge in [0.2, 0.25) is 11.5 Å². The van der Waals surface area contributed by atoms with E-state index in [1.54, 1.807) is 12.1 Å². The van der Waals surface area contributed by atoms with Crippen molar-refractivity contribution in [3.63, 3.8) is 0 Å². The van der Waals surface area contributed by atoms with Gasteiger partial charge >= 0.3 is 0 Å². The summed E-state index contributed by atoms with van der Waals surface area (Å²) in [6, 6.07) is 18.4. The minimum atomic E-state index is -0.466. The van der Waals surface area contributed by atoms with Crippen molar-refractivity contribution >= 4 is 28.2 Å². The van der Waals surface area contributed by atoms with Gasteiger partial charge in [-0.15, -0.1) is 0 Å². The minimum absolute atomic E-state index is 0.0821. The fourth-order valence-corrected chi connectivity index (χ4v) is 3.63. The zero-order valence-corrected chi connectivity index (χ0v) is 15.6. The highest BCUT2D eigenvalue weighted by molar-refractivity contribution is 7.18. The number of thiazole rings is 1. The highest BCUT2D eigenvalue weighted by Gasteiger charge is 2.23. The van der Waals surface area contributed by atoms with Crippen molar-refractivity contribution in [1.29, 1.82) is 0 Å². The van der Waals surface area contributed by atoms with Crippen molar-refractivity contribution in [3.8, 4) is 11.3 Å². The molecule has 4 rings (SSSR count). The topological polar surface area (TPSA) is 77.5 Å². The van der Waals surface area contributed by atoms with Crippen molar-refractivity contribution in [1.82, 2.24) is 4.98 Å². The Morgan fingerprint density at radius 3 is 2.36 bits per heavy atom. The van der Waals surface area contributed by atoms with Gasteiger partial charge < -0.3 is 9.47 Å². The molecule has 0 spiro atoms. The summed E-state index contributed by atoms with van der Waals surface area (Å²) in [6.45, 7) is 0.714. The molecule has 0 unspecified atom stereocenters. The number of amides is 1. The quantitative estimate of drug-likeness (QED) is 0.667. The molecule has 1 aliphatic heterocycles. The second-order valence-electron chi connectivity index (χ2n) is 5.91. The van der Waals surface area contributed by atoms with Crippen molar-refractivity contribution in [3.05, 3.63) is 83.1 Å². The molecule has 3 aromatic rings. The third kappa shape index (κ3) is 3.79. The maximum atomic E-state index is 13.0. The number of anilines is 1. The molecule has 0 saturated heterocycles. The predicted molar refractivity (Wildman–Crippen MR) is 106 cm³/mol. The number of aromatic nitrogens is 1. The van der Waals surface area contributed by atoms with Crippen LogP contribution >= 0.6 is 11.3 Å². The van der Waals surface area contributed by atoms with E-state index in [1.165, 1.54) is 6.26 Å². The summed E-state index contributed by atoms with van der Waals surface area (Å²) in [6.07, 6.45) is 1.28. The van der Waals surface area contributed by atoms with Gasteiger partial charge in [0.1, 0.15) is 24.4 Å². The Labute approximate surface area is 165 Å². The third-order valence-electron chi connectivity index (χ3n) is 4.01. The summed E-state index contributed by atoms with van der Waals surface area (Å²) in [5.41, 5.74) is 1.90. The molecule has 140 valence electrons. The fraction of sp³-hybridized carbons (Fsp3) is 0.0952. The fourth-order valence-electron chi connectivity index (χ4n) is 2.69. The van der Waals surface area contributed by atoms with Gasteiger partial charge in [-0.1, -0.05) is 72.0 Å². The molecule has 6 nitrogen and oxygen atoms in total. The summed E-state index contributed by atoms with van der Waals surface area (Å²) in [5, 5.41) is 3.01. The lowest BCUT2D eigenvalue weighted by atomic mass is 10.1. The second-order valence-corrected chi connectivity index (χ2v) is 6.91. The molecule has 2 aromatic carbocycles. The SMILES string of the molecule is O=C(Nc1nc(-c2ccccc2)c(C(=O)c2ccccc2)s1)C1=COCCO1. The van der Waals surface area contributed by atoms with E-state index in [9.17, 15) is 9.59 Å². The van der Waals surface area contributed by atoms with Crippen LogP contribution in [0.4, 0.5) is 5.13 Å². The van der Waals surface area contributed by atoms with Crippen LogP contribution in [0.1, 0.15) is 15.2 Å². The number of rotatable bonds is 5. The van der Waals surface area contributed by atoms with E-state index in [0.717, 1.165) is 16.9 Å². The molecule has 28 heavy (non-hydrogen) atoms. The van der Waals surface area contributed by atoms with E-state index in [-0.39, 0.29) is 11.5 Å². The van der Waals surface area contributed by atoms with E-state index in [4.69, 9.17) is 9.47 Å². The van der Waals surface area contributed by atoms with Crippen molar-refractivity contribution in [2.75, 3.05) is 18.5 Å². The van der Waals surface area contributed by atoms with Crippen LogP contribution < -0.4 is 5.32 Å². The number of nitrogens with zero attached hydrogens (tertiary/aromatic N) is 1. The molecule has 0 aliphatic carbocycles. The van der Waals surface area contributed by atoms with Gasteiger partial charge in [-0.25, -0.2) is 4.98 Å². The van der Waals surface area contributed by atoms with Crippen LogP contribution in [0.15, 0.2) is 72.7 Å². The summed E-state index contributed by atoms with van der Waals surface area (Å²) < 4.78 is 10.4. The molecular formula is C21H16N2O4S. The first-order valence-electron chi connectivity index (χ1n) is 8.64. The molecule has 0 saturated carbocycles. The molecule has 1 aromatic heterocycles. The summed E-state index contributed by atoms with van der Waals surface area (Å²) >= 11 is 1.13. The molecule has 1 amide bonds. The van der Waals surface area contributed by atoms with Gasteiger partial charge in [0, 0.05) is 11.1 Å². The normalized spacial score (nSPS) is 13.1. The zero-order chi connectivity index (χ0) is 19.3. The van der Waals surface area contributed by atoms with Crippen molar-refractivity contribution in [2.45, 2.75) is 0 Å². The molecular weight excluding hydrogens is 376 g/mol. The number of hydrogen-bond acceptors (Lipinski definition) is 6. The highest BCUT2D eigenvalue weighted by Crippen LogP contribution is 2.33. The highest BCUT2D eigenvalue weighted by atomic mass is 32.1. The Hall–Kier alpha value is -3.45. The number of hydrogen-bond donors (Lipinski definition) is 1. The molecule has 1 aliphatic rings. The lowest BCUT2D eigenvalue weighted by molar-refractivity contribution is -0.117. The first kappa shape index (κ1) is 17.9. The third-order valence-corrected chi connectivity index (χ3v) is 4.98.